The predicted octanol–water partition coefficient (Wildman–Crippen LogP) is 2.41. The van der Waals surface area contributed by atoms with Crippen LogP contribution in [0.2, 0.25) is 0 Å². The van der Waals surface area contributed by atoms with Gasteiger partial charge in [-0.3, -0.25) is 0 Å². The molecule has 0 saturated heterocycles. The molecule has 1 unspecified atom stereocenters. The first-order valence-corrected chi connectivity index (χ1v) is 4.81. The Kier molecular flexibility index (Phi) is 1.78. The van der Waals surface area contributed by atoms with Crippen LogP contribution in [0.3, 0.4) is 0 Å². The van der Waals surface area contributed by atoms with Crippen molar-refractivity contribution >= 4 is 16.0 Å². The van der Waals surface area contributed by atoms with Crippen molar-refractivity contribution in [3.05, 3.63) is 48.2 Å². The van der Waals surface area contributed by atoms with Crippen LogP contribution in [0.1, 0.15) is 0 Å². The van der Waals surface area contributed by atoms with Gasteiger partial charge in [-0.05, 0) is 22.9 Å². The van der Waals surface area contributed by atoms with E-state index >= 15 is 0 Å². The van der Waals surface area contributed by atoms with Gasteiger partial charge in [0, 0.05) is 12.4 Å². The molecule has 1 nitrogen and oxygen atoms in total. The van der Waals surface area contributed by atoms with E-state index in [-0.39, 0.29) is 10.7 Å². The molecule has 1 aromatic heterocycles. The van der Waals surface area contributed by atoms with Gasteiger partial charge in [-0.15, -0.1) is 0 Å². The van der Waals surface area contributed by atoms with Crippen molar-refractivity contribution in [3.63, 3.8) is 0 Å². The lowest BCUT2D eigenvalue weighted by Crippen LogP contribution is -1.85. The van der Waals surface area contributed by atoms with E-state index in [2.05, 4.69) is 39.3 Å². The molecule has 0 radical (unpaired) electrons. The molecule has 0 N–H and O–H groups in total. The quantitative estimate of drug-likeness (QED) is 0.560. The average molecular weight is 163 g/mol. The first-order valence-electron chi connectivity index (χ1n) is 3.50. The molecule has 1 aliphatic rings. The normalized spacial score (nSPS) is 21.6. The van der Waals surface area contributed by atoms with Gasteiger partial charge in [0.2, 0.25) is 0 Å². The van der Waals surface area contributed by atoms with Crippen molar-refractivity contribution in [3.8, 4) is 0 Å². The Morgan fingerprint density at radius 1 is 0.909 bits per heavy atom. The van der Waals surface area contributed by atoms with Gasteiger partial charge in [0.05, 0.1) is 0 Å². The summed E-state index contributed by atoms with van der Waals surface area (Å²) in [5, 5.41) is 4.39. The summed E-state index contributed by atoms with van der Waals surface area (Å²) in [6, 6.07) is 4.10. The minimum Gasteiger partial charge on any atom is -0.301 e. The lowest BCUT2D eigenvalue weighted by molar-refractivity contribution is 1.29. The predicted molar refractivity (Wildman–Crippen MR) is 51.8 cm³/mol. The zero-order valence-electron chi connectivity index (χ0n) is 6.05. The van der Waals surface area contributed by atoms with E-state index in [1.807, 2.05) is 18.2 Å². The summed E-state index contributed by atoms with van der Waals surface area (Å²) in [4.78, 5) is 0. The Bertz CT molecular complexity index is 317. The number of hydrogen-bond donors (Lipinski definition) is 0. The number of nitrogens with zero attached hydrogens (tertiary/aromatic N) is 1. The Morgan fingerprint density at radius 2 is 1.73 bits per heavy atom. The molecule has 56 valence electrons. The summed E-state index contributed by atoms with van der Waals surface area (Å²) < 4.78 is 2.19. The van der Waals surface area contributed by atoms with Gasteiger partial charge in [0.1, 0.15) is 0 Å². The van der Waals surface area contributed by atoms with Crippen molar-refractivity contribution in [1.29, 1.82) is 0 Å². The monoisotopic (exact) mass is 163 g/mol. The van der Waals surface area contributed by atoms with Crippen molar-refractivity contribution in [2.45, 2.75) is 0 Å². The zero-order valence-corrected chi connectivity index (χ0v) is 6.87. The van der Waals surface area contributed by atoms with Gasteiger partial charge in [0.25, 0.3) is 0 Å². The Balaban J connectivity index is 2.38. The van der Waals surface area contributed by atoms with Gasteiger partial charge in [0.15, 0.2) is 0 Å². The van der Waals surface area contributed by atoms with Crippen LogP contribution in [-0.4, -0.2) is 9.34 Å². The number of rotatable bonds is 1. The highest BCUT2D eigenvalue weighted by atomic mass is 32.2. The van der Waals surface area contributed by atoms with Crippen LogP contribution in [0.5, 0.6) is 0 Å². The van der Waals surface area contributed by atoms with Crippen LogP contribution in [-0.2, 0) is 0 Å². The fourth-order valence-corrected chi connectivity index (χ4v) is 2.26. The summed E-state index contributed by atoms with van der Waals surface area (Å²) in [5.74, 6) is 0. The van der Waals surface area contributed by atoms with E-state index in [1.165, 1.54) is 0 Å². The minimum absolute atomic E-state index is 0.147. The largest absolute Gasteiger partial charge is 0.301 e. The van der Waals surface area contributed by atoms with Crippen LogP contribution >= 0.6 is 10.7 Å². The highest BCUT2D eigenvalue weighted by Gasteiger charge is 1.91. The Morgan fingerprint density at radius 3 is 2.36 bits per heavy atom. The second kappa shape index (κ2) is 2.93. The summed E-state index contributed by atoms with van der Waals surface area (Å²) in [6.45, 7) is 0. The Hall–Kier alpha value is -1.02. The molecule has 0 amide bonds. The van der Waals surface area contributed by atoms with Crippen molar-refractivity contribution < 1.29 is 0 Å². The average Bonchev–Trinajstić information content (AvgIpc) is 2.58. The van der Waals surface area contributed by atoms with E-state index in [0.717, 1.165) is 0 Å². The lowest BCUT2D eigenvalue weighted by Gasteiger charge is -2.05. The molecule has 0 aliphatic carbocycles. The molecule has 0 spiro atoms. The highest BCUT2D eigenvalue weighted by molar-refractivity contribution is 8.16. The molecule has 0 fully saturated rings. The van der Waals surface area contributed by atoms with Crippen LogP contribution in [0.15, 0.2) is 48.2 Å². The summed E-state index contributed by atoms with van der Waals surface area (Å²) in [5.41, 5.74) is 0. The third kappa shape index (κ3) is 1.35. The molecular weight excluding hydrogens is 154 g/mol. The third-order valence-electron chi connectivity index (χ3n) is 1.48. The Labute approximate surface area is 68.7 Å². The summed E-state index contributed by atoms with van der Waals surface area (Å²) in [6.07, 6.45) is 10.4. The van der Waals surface area contributed by atoms with Crippen LogP contribution in [0.25, 0.3) is 0 Å². The van der Waals surface area contributed by atoms with E-state index < -0.39 is 0 Å². The molecular formula is C9H9NS. The summed E-state index contributed by atoms with van der Waals surface area (Å²) in [7, 11) is 0.147. The van der Waals surface area contributed by atoms with Crippen molar-refractivity contribution in [2.75, 3.05) is 0 Å². The highest BCUT2D eigenvalue weighted by Crippen LogP contribution is 2.19. The van der Waals surface area contributed by atoms with Gasteiger partial charge in [-0.2, -0.15) is 0 Å². The second-order valence-electron chi connectivity index (χ2n) is 2.24. The molecule has 1 atom stereocenters. The van der Waals surface area contributed by atoms with E-state index in [4.69, 9.17) is 0 Å². The number of aromatic nitrogens is 1. The number of hydrogen-bond acceptors (Lipinski definition) is 0. The molecule has 0 saturated carbocycles. The summed E-state index contributed by atoms with van der Waals surface area (Å²) >= 11 is 0. The van der Waals surface area contributed by atoms with Gasteiger partial charge in [-0.1, -0.05) is 28.9 Å². The topological polar surface area (TPSA) is 4.93 Å². The molecule has 0 bridgehead atoms. The second-order valence-corrected chi connectivity index (χ2v) is 3.90. The SMILES string of the molecule is C1=CC=S(n2cccc2)C=C1. The fraction of sp³-hybridized carbons (Fsp3) is 0. The molecule has 11 heavy (non-hydrogen) atoms. The van der Waals surface area contributed by atoms with Crippen molar-refractivity contribution in [1.82, 2.24) is 3.97 Å². The lowest BCUT2D eigenvalue weighted by atomic mass is 10.5. The van der Waals surface area contributed by atoms with Gasteiger partial charge < -0.3 is 3.97 Å². The molecule has 1 aromatic rings. The molecule has 2 rings (SSSR count). The zero-order chi connectivity index (χ0) is 7.52. The van der Waals surface area contributed by atoms with E-state index in [9.17, 15) is 0 Å². The maximum Gasteiger partial charge on any atom is 0.0154 e. The molecule has 0 aromatic carbocycles. The minimum atomic E-state index is 0.147. The van der Waals surface area contributed by atoms with Gasteiger partial charge >= 0.3 is 0 Å². The fourth-order valence-electron chi connectivity index (χ4n) is 0.961. The van der Waals surface area contributed by atoms with Gasteiger partial charge in [-0.25, -0.2) is 0 Å². The standard InChI is InChI=1S/C9H9NS/c1-4-8-11(9-5-1)10-6-2-3-7-10/h1-9H. The van der Waals surface area contributed by atoms with E-state index in [0.29, 0.717) is 0 Å². The maximum absolute atomic E-state index is 2.19. The number of allylic oxidation sites excluding steroid dienone is 3. The molecule has 2 heteroatoms. The molecule has 2 heterocycles. The third-order valence-corrected chi connectivity index (χ3v) is 3.08. The van der Waals surface area contributed by atoms with Crippen molar-refractivity contribution in [2.24, 2.45) is 0 Å². The first-order chi connectivity index (χ1) is 5.47. The van der Waals surface area contributed by atoms with Crippen LogP contribution in [0, 0.1) is 0 Å². The van der Waals surface area contributed by atoms with Crippen LogP contribution < -0.4 is 0 Å². The van der Waals surface area contributed by atoms with E-state index in [1.54, 1.807) is 0 Å². The molecule has 1 aliphatic heterocycles. The maximum atomic E-state index is 2.19. The first kappa shape index (κ1) is 6.68. The van der Waals surface area contributed by atoms with Crippen LogP contribution in [0.4, 0.5) is 0 Å². The smallest absolute Gasteiger partial charge is 0.0154 e.